The molecule has 71 heavy (non-hydrogen) atoms. The summed E-state index contributed by atoms with van der Waals surface area (Å²) < 4.78 is 6.40. The summed E-state index contributed by atoms with van der Waals surface area (Å²) in [7, 11) is 0. The van der Waals surface area contributed by atoms with Crippen LogP contribution in [0, 0.1) is 52.8 Å². The Hall–Kier alpha value is -2.03. The predicted molar refractivity (Wildman–Crippen MR) is 308 cm³/mol. The topological polar surface area (TPSA) is 62.1 Å². The predicted octanol–water partition coefficient (Wildman–Crippen LogP) is 17.5. The molecule has 2 heterocycles. The molecule has 7 aliphatic rings. The largest absolute Gasteiger partial charge is 0.392 e. The summed E-state index contributed by atoms with van der Waals surface area (Å²) in [5.74, 6) is 4.77. The van der Waals surface area contributed by atoms with E-state index in [4.69, 9.17) is 9.84 Å². The first kappa shape index (κ1) is 55.2. The minimum absolute atomic E-state index is 0.0997. The SMILES string of the molecule is CCCC(CC)C(=O)CC1=C2C(CCC=C1c1ccc(CCCCCCCCCCCCCCOC3CCC(C4=NN5C(C)=CC(C)C6CC6C5C4CC(O)C(C)(I)CC)CC3)cc1)C(C)=CC1(C)CC21. The number of rotatable bonds is 28. The molecule has 8 rings (SSSR count). The van der Waals surface area contributed by atoms with Gasteiger partial charge in [-0.1, -0.05) is 181 Å². The number of hydrogen-bond acceptors (Lipinski definition) is 5. The standard InChI is InChI=1S/C65H99IN2O3/c1-9-25-48(10-2)59(69)40-55-53(28-24-27-52-45(5)42-64(7)43-58(64)61(52)55)49-31-29-47(30-32-49)26-22-20-18-16-14-12-13-15-17-19-21-23-37-71-51-35-33-50(34-36-51)62-57(41-60(70)65(8,66)11-3)63-56-39-54(56)44(4)38-46(6)68(63)67-62/h28-32,38,42,44,48,50-52,54,56-58,60,63,70H,9-27,33-37,39-41,43H2,1-8H3. The molecular weight excluding hydrogens is 984 g/mol. The van der Waals surface area contributed by atoms with Crippen molar-refractivity contribution in [1.82, 2.24) is 5.01 Å². The highest BCUT2D eigenvalue weighted by atomic mass is 127. The van der Waals surface area contributed by atoms with Crippen LogP contribution in [0.1, 0.15) is 233 Å². The Bertz CT molecular complexity index is 2090. The van der Waals surface area contributed by atoms with Gasteiger partial charge in [0.05, 0.1) is 18.2 Å². The number of benzene rings is 1. The van der Waals surface area contributed by atoms with E-state index in [1.165, 1.54) is 143 Å². The molecule has 11 unspecified atom stereocenters. The average Bonchev–Trinajstić information content (AvgIpc) is 4.27. The third-order valence-corrected chi connectivity index (χ3v) is 21.1. The van der Waals surface area contributed by atoms with E-state index in [9.17, 15) is 9.90 Å². The molecule has 5 aliphatic carbocycles. The Morgan fingerprint density at radius 1 is 0.915 bits per heavy atom. The van der Waals surface area contributed by atoms with Crippen molar-refractivity contribution >= 4 is 39.7 Å². The molecule has 11 atom stereocenters. The number of alkyl halides is 1. The third kappa shape index (κ3) is 13.5. The number of ketones is 1. The van der Waals surface area contributed by atoms with Gasteiger partial charge < -0.3 is 9.84 Å². The highest BCUT2D eigenvalue weighted by Gasteiger charge is 2.57. The number of nitrogens with zero attached hydrogens (tertiary/aromatic N) is 2. The number of aliphatic hydroxyl groups excluding tert-OH is 1. The first-order valence-corrected chi connectivity index (χ1v) is 31.1. The van der Waals surface area contributed by atoms with Crippen molar-refractivity contribution in [1.29, 1.82) is 0 Å². The Kier molecular flexibility index (Phi) is 19.6. The maximum absolute atomic E-state index is 13.9. The van der Waals surface area contributed by atoms with Gasteiger partial charge in [0, 0.05) is 45.6 Å². The summed E-state index contributed by atoms with van der Waals surface area (Å²) in [5, 5.41) is 19.4. The lowest BCUT2D eigenvalue weighted by Gasteiger charge is -2.35. The van der Waals surface area contributed by atoms with Crippen LogP contribution in [0.3, 0.4) is 0 Å². The van der Waals surface area contributed by atoms with Gasteiger partial charge in [-0.2, -0.15) is 5.10 Å². The second kappa shape index (κ2) is 25.2. The Morgan fingerprint density at radius 3 is 2.23 bits per heavy atom. The summed E-state index contributed by atoms with van der Waals surface area (Å²) in [6.07, 6.45) is 39.9. The number of allylic oxidation sites excluding steroid dienone is 8. The van der Waals surface area contributed by atoms with Crippen molar-refractivity contribution in [3.63, 3.8) is 0 Å². The molecule has 3 fully saturated rings. The van der Waals surface area contributed by atoms with Gasteiger partial charge in [-0.25, -0.2) is 0 Å². The molecule has 0 spiro atoms. The Labute approximate surface area is 447 Å². The second-order valence-electron chi connectivity index (χ2n) is 25.0. The number of aliphatic hydroxyl groups is 1. The van der Waals surface area contributed by atoms with Crippen LogP contribution in [0.5, 0.6) is 0 Å². The fourth-order valence-corrected chi connectivity index (χ4v) is 15.0. The summed E-state index contributed by atoms with van der Waals surface area (Å²) in [6, 6.07) is 9.95. The third-order valence-electron chi connectivity index (χ3n) is 19.7. The van der Waals surface area contributed by atoms with Crippen LogP contribution in [0.15, 0.2) is 70.0 Å². The van der Waals surface area contributed by atoms with Crippen molar-refractivity contribution in [3.8, 4) is 0 Å². The second-order valence-corrected chi connectivity index (χ2v) is 27.4. The van der Waals surface area contributed by atoms with Crippen molar-refractivity contribution in [2.24, 2.45) is 57.9 Å². The zero-order chi connectivity index (χ0) is 50.3. The maximum Gasteiger partial charge on any atom is 0.140 e. The van der Waals surface area contributed by atoms with E-state index in [1.807, 2.05) is 0 Å². The molecule has 1 aromatic rings. The molecule has 0 aromatic heterocycles. The van der Waals surface area contributed by atoms with Crippen LogP contribution in [0.25, 0.3) is 5.57 Å². The molecule has 5 nitrogen and oxygen atoms in total. The van der Waals surface area contributed by atoms with E-state index < -0.39 is 0 Å². The number of hydrazone groups is 1. The fraction of sp³-hybridized carbons (Fsp3) is 0.754. The normalized spacial score (nSPS) is 31.6. The lowest BCUT2D eigenvalue weighted by molar-refractivity contribution is -0.122. The number of fused-ring (bicyclic) bond motifs is 6. The van der Waals surface area contributed by atoms with Gasteiger partial charge in [0.2, 0.25) is 0 Å². The lowest BCUT2D eigenvalue weighted by Crippen LogP contribution is -2.42. The lowest BCUT2D eigenvalue weighted by atomic mass is 9.74. The highest BCUT2D eigenvalue weighted by Crippen LogP contribution is 2.65. The van der Waals surface area contributed by atoms with Gasteiger partial charge in [-0.3, -0.25) is 9.80 Å². The van der Waals surface area contributed by atoms with E-state index in [-0.39, 0.29) is 15.4 Å². The first-order chi connectivity index (χ1) is 34.3. The number of hydrogen-bond donors (Lipinski definition) is 1. The number of ether oxygens (including phenoxy) is 1. The first-order valence-electron chi connectivity index (χ1n) is 30.1. The van der Waals surface area contributed by atoms with Gasteiger partial charge >= 0.3 is 0 Å². The van der Waals surface area contributed by atoms with Crippen molar-refractivity contribution in [2.45, 2.75) is 250 Å². The monoisotopic (exact) mass is 1080 g/mol. The number of aryl methyl sites for hydroxylation is 1. The van der Waals surface area contributed by atoms with Crippen LogP contribution < -0.4 is 0 Å². The van der Waals surface area contributed by atoms with Crippen LogP contribution in [0.4, 0.5) is 0 Å². The van der Waals surface area contributed by atoms with E-state index in [1.54, 1.807) is 11.1 Å². The van der Waals surface area contributed by atoms with Crippen LogP contribution in [0.2, 0.25) is 0 Å². The molecule has 394 valence electrons. The molecular formula is C65H99IN2O3. The number of carbonyl (C=O) groups excluding carboxylic acids is 1. The van der Waals surface area contributed by atoms with Gasteiger partial charge in [0.25, 0.3) is 0 Å². The van der Waals surface area contributed by atoms with E-state index in [0.717, 1.165) is 70.3 Å². The molecule has 3 saturated carbocycles. The average molecular weight is 1080 g/mol. The highest BCUT2D eigenvalue weighted by molar-refractivity contribution is 14.1. The molecule has 0 radical (unpaired) electrons. The van der Waals surface area contributed by atoms with Crippen LogP contribution in [-0.4, -0.2) is 49.9 Å². The molecule has 6 heteroatoms. The fourth-order valence-electron chi connectivity index (χ4n) is 14.7. The molecule has 1 N–H and O–H groups in total. The van der Waals surface area contributed by atoms with Crippen molar-refractivity contribution in [2.75, 3.05) is 6.61 Å². The Morgan fingerprint density at radius 2 is 1.58 bits per heavy atom. The molecule has 2 aliphatic heterocycles. The minimum atomic E-state index is -0.312. The molecule has 0 amide bonds. The summed E-state index contributed by atoms with van der Waals surface area (Å²) in [6.45, 7) is 19.2. The van der Waals surface area contributed by atoms with Gasteiger partial charge in [0.15, 0.2) is 0 Å². The number of carbonyl (C=O) groups is 1. The molecule has 0 saturated heterocycles. The van der Waals surface area contributed by atoms with Gasteiger partial charge in [-0.05, 0) is 174 Å². The van der Waals surface area contributed by atoms with E-state index in [2.05, 4.69) is 125 Å². The van der Waals surface area contributed by atoms with Crippen LogP contribution in [-0.2, 0) is 16.0 Å². The Balaban J connectivity index is 0.674. The van der Waals surface area contributed by atoms with Gasteiger partial charge in [-0.15, -0.1) is 0 Å². The van der Waals surface area contributed by atoms with Crippen molar-refractivity contribution in [3.05, 3.63) is 76.0 Å². The van der Waals surface area contributed by atoms with Crippen LogP contribution >= 0.6 is 22.6 Å². The summed E-state index contributed by atoms with van der Waals surface area (Å²) in [4.78, 5) is 13.9. The smallest absolute Gasteiger partial charge is 0.140 e. The maximum atomic E-state index is 13.9. The number of unbranched alkanes of at least 4 members (excludes halogenated alkanes) is 11. The summed E-state index contributed by atoms with van der Waals surface area (Å²) >= 11 is 2.50. The molecule has 1 aromatic carbocycles. The minimum Gasteiger partial charge on any atom is -0.392 e. The number of halogens is 1. The van der Waals surface area contributed by atoms with Gasteiger partial charge in [0.1, 0.15) is 5.78 Å². The molecule has 0 bridgehead atoms. The van der Waals surface area contributed by atoms with E-state index in [0.29, 0.717) is 65.3 Å². The van der Waals surface area contributed by atoms with E-state index >= 15 is 0 Å². The zero-order valence-corrected chi connectivity index (χ0v) is 48.4. The zero-order valence-electron chi connectivity index (χ0n) is 46.2. The van der Waals surface area contributed by atoms with Crippen molar-refractivity contribution < 1.29 is 14.6 Å². The number of Topliss-reactive ketones (excluding diaryl/α,β-unsaturated/α-hetero) is 1. The quantitative estimate of drug-likeness (QED) is 0.0393. The summed E-state index contributed by atoms with van der Waals surface area (Å²) in [5.41, 5.74) is 11.7.